The van der Waals surface area contributed by atoms with E-state index in [1.165, 1.54) is 45.5 Å². The van der Waals surface area contributed by atoms with Gasteiger partial charge in [0.15, 0.2) is 6.20 Å². The van der Waals surface area contributed by atoms with Crippen molar-refractivity contribution in [1.29, 1.82) is 0 Å². The number of aryl methyl sites for hydroxylation is 2. The lowest BCUT2D eigenvalue weighted by Gasteiger charge is -2.22. The molecular formula is C26H30N+. The van der Waals surface area contributed by atoms with E-state index in [-0.39, 0.29) is 10.8 Å². The van der Waals surface area contributed by atoms with E-state index in [4.69, 9.17) is 0 Å². The van der Waals surface area contributed by atoms with Gasteiger partial charge in [-0.25, -0.2) is 4.57 Å². The molecule has 1 nitrogen and oxygen atoms in total. The molecule has 0 radical (unpaired) electrons. The summed E-state index contributed by atoms with van der Waals surface area (Å²) in [6.07, 6.45) is 3.38. The van der Waals surface area contributed by atoms with E-state index in [0.29, 0.717) is 0 Å². The highest BCUT2D eigenvalue weighted by Crippen LogP contribution is 2.50. The molecule has 1 aromatic heterocycles. The largest absolute Gasteiger partial charge is 0.213 e. The molecule has 0 saturated heterocycles. The van der Waals surface area contributed by atoms with Gasteiger partial charge in [-0.05, 0) is 58.1 Å². The normalized spacial score (nSPS) is 17.0. The van der Waals surface area contributed by atoms with E-state index in [2.05, 4.69) is 107 Å². The van der Waals surface area contributed by atoms with Crippen LogP contribution in [0.4, 0.5) is 0 Å². The Kier molecular flexibility index (Phi) is 4.03. The molecule has 1 aliphatic rings. The number of nitrogens with zero attached hydrogens (tertiary/aromatic N) is 1. The Morgan fingerprint density at radius 2 is 1.41 bits per heavy atom. The second kappa shape index (κ2) is 6.05. The first kappa shape index (κ1) is 18.0. The number of rotatable bonds is 2. The first-order chi connectivity index (χ1) is 12.7. The van der Waals surface area contributed by atoms with Crippen molar-refractivity contribution in [1.82, 2.24) is 0 Å². The van der Waals surface area contributed by atoms with Crippen LogP contribution in [0.15, 0.2) is 60.8 Å². The Bertz CT molecular complexity index is 1010. The number of hydrogen-bond acceptors (Lipinski definition) is 0. The Morgan fingerprint density at radius 1 is 0.778 bits per heavy atom. The van der Waals surface area contributed by atoms with Crippen LogP contribution in [0.1, 0.15) is 50.8 Å². The summed E-state index contributed by atoms with van der Waals surface area (Å²) in [5.74, 6) is 0. The van der Waals surface area contributed by atoms with Crippen LogP contribution in [-0.2, 0) is 17.9 Å². The summed E-state index contributed by atoms with van der Waals surface area (Å²) in [7, 11) is 2.14. The van der Waals surface area contributed by atoms with Gasteiger partial charge in [0.05, 0.1) is 0 Å². The van der Waals surface area contributed by atoms with Crippen LogP contribution in [-0.4, -0.2) is 0 Å². The molecule has 0 atom stereocenters. The Balaban J connectivity index is 1.91. The van der Waals surface area contributed by atoms with E-state index in [9.17, 15) is 0 Å². The van der Waals surface area contributed by atoms with Crippen molar-refractivity contribution < 1.29 is 4.57 Å². The van der Waals surface area contributed by atoms with Crippen molar-refractivity contribution in [3.8, 4) is 22.4 Å². The molecule has 3 aromatic rings. The van der Waals surface area contributed by atoms with Gasteiger partial charge in [-0.2, -0.15) is 0 Å². The highest BCUT2D eigenvalue weighted by Gasteiger charge is 2.42. The first-order valence-corrected chi connectivity index (χ1v) is 9.90. The fraction of sp³-hybridized carbons (Fsp3) is 0.346. The van der Waals surface area contributed by atoms with Crippen LogP contribution in [0.2, 0.25) is 0 Å². The molecule has 0 fully saturated rings. The maximum Gasteiger partial charge on any atom is 0.213 e. The van der Waals surface area contributed by atoms with Crippen molar-refractivity contribution in [3.05, 3.63) is 77.5 Å². The molecule has 0 unspecified atom stereocenters. The zero-order valence-electron chi connectivity index (χ0n) is 17.4. The SMILES string of the molecule is Cc1cc2c(cc1-c1cc(-c3ccccc3)cc[n+]1C)C(C)(C)CC2(C)C. The van der Waals surface area contributed by atoms with Crippen LogP contribution in [0.5, 0.6) is 0 Å². The summed E-state index contributed by atoms with van der Waals surface area (Å²) < 4.78 is 2.24. The lowest BCUT2D eigenvalue weighted by atomic mass is 9.82. The first-order valence-electron chi connectivity index (χ1n) is 9.90. The summed E-state index contributed by atoms with van der Waals surface area (Å²) in [5.41, 5.74) is 10.0. The summed E-state index contributed by atoms with van der Waals surface area (Å²) in [4.78, 5) is 0. The third-order valence-corrected chi connectivity index (χ3v) is 6.24. The van der Waals surface area contributed by atoms with E-state index in [1.54, 1.807) is 0 Å². The van der Waals surface area contributed by atoms with Crippen molar-refractivity contribution >= 4 is 0 Å². The summed E-state index contributed by atoms with van der Waals surface area (Å²) >= 11 is 0. The summed E-state index contributed by atoms with van der Waals surface area (Å²) in [6, 6.07) is 20.1. The van der Waals surface area contributed by atoms with Gasteiger partial charge in [0, 0.05) is 17.7 Å². The second-order valence-electron chi connectivity index (χ2n) is 9.43. The zero-order valence-corrected chi connectivity index (χ0v) is 17.4. The monoisotopic (exact) mass is 356 g/mol. The third-order valence-electron chi connectivity index (χ3n) is 6.24. The molecule has 0 amide bonds. The molecule has 1 heteroatoms. The Morgan fingerprint density at radius 3 is 2.07 bits per heavy atom. The fourth-order valence-electron chi connectivity index (χ4n) is 5.05. The number of benzene rings is 2. The summed E-state index contributed by atoms with van der Waals surface area (Å²) in [6.45, 7) is 11.8. The fourth-order valence-corrected chi connectivity index (χ4v) is 5.05. The molecule has 138 valence electrons. The van der Waals surface area contributed by atoms with Gasteiger partial charge in [-0.1, -0.05) is 64.1 Å². The van der Waals surface area contributed by atoms with Gasteiger partial charge in [-0.3, -0.25) is 0 Å². The Labute approximate surface area is 163 Å². The molecule has 0 bridgehead atoms. The van der Waals surface area contributed by atoms with Gasteiger partial charge in [0.1, 0.15) is 7.05 Å². The number of fused-ring (bicyclic) bond motifs is 1. The predicted octanol–water partition coefficient (Wildman–Crippen LogP) is 6.11. The number of aromatic nitrogens is 1. The van der Waals surface area contributed by atoms with E-state index >= 15 is 0 Å². The maximum absolute atomic E-state index is 2.46. The average Bonchev–Trinajstić information content (AvgIpc) is 2.79. The van der Waals surface area contributed by atoms with E-state index in [0.717, 1.165) is 0 Å². The topological polar surface area (TPSA) is 3.88 Å². The van der Waals surface area contributed by atoms with Crippen molar-refractivity contribution in [2.24, 2.45) is 7.05 Å². The van der Waals surface area contributed by atoms with Gasteiger partial charge < -0.3 is 0 Å². The minimum absolute atomic E-state index is 0.219. The molecule has 4 rings (SSSR count). The van der Waals surface area contributed by atoms with Crippen molar-refractivity contribution in [3.63, 3.8) is 0 Å². The van der Waals surface area contributed by atoms with Crippen LogP contribution < -0.4 is 4.57 Å². The van der Waals surface area contributed by atoms with Crippen molar-refractivity contribution in [2.45, 2.75) is 51.9 Å². The standard InChI is InChI=1S/C26H30N/c1-18-14-22-23(26(4,5)17-25(22,2)3)16-21(18)24-15-20(12-13-27(24)6)19-10-8-7-9-11-19/h7-16H,17H2,1-6H3/q+1. The van der Waals surface area contributed by atoms with Gasteiger partial charge in [-0.15, -0.1) is 0 Å². The Hall–Kier alpha value is -2.41. The molecule has 1 aliphatic carbocycles. The quantitative estimate of drug-likeness (QED) is 0.488. The van der Waals surface area contributed by atoms with Crippen LogP contribution >= 0.6 is 0 Å². The molecule has 0 spiro atoms. The zero-order chi connectivity index (χ0) is 19.4. The molecule has 0 aliphatic heterocycles. The molecular weight excluding hydrogens is 326 g/mol. The lowest BCUT2D eigenvalue weighted by molar-refractivity contribution is -0.660. The van der Waals surface area contributed by atoms with Gasteiger partial charge in [0.2, 0.25) is 5.69 Å². The van der Waals surface area contributed by atoms with Crippen molar-refractivity contribution in [2.75, 3.05) is 0 Å². The maximum atomic E-state index is 2.46. The predicted molar refractivity (Wildman–Crippen MR) is 114 cm³/mol. The van der Waals surface area contributed by atoms with Crippen LogP contribution in [0.3, 0.4) is 0 Å². The van der Waals surface area contributed by atoms with Crippen LogP contribution in [0.25, 0.3) is 22.4 Å². The smallest absolute Gasteiger partial charge is 0.201 e. The minimum Gasteiger partial charge on any atom is -0.201 e. The van der Waals surface area contributed by atoms with E-state index in [1.807, 2.05) is 0 Å². The average molecular weight is 357 g/mol. The van der Waals surface area contributed by atoms with E-state index < -0.39 is 0 Å². The molecule has 27 heavy (non-hydrogen) atoms. The molecule has 0 saturated carbocycles. The minimum atomic E-state index is 0.219. The molecule has 0 N–H and O–H groups in total. The van der Waals surface area contributed by atoms with Gasteiger partial charge >= 0.3 is 0 Å². The highest BCUT2D eigenvalue weighted by atomic mass is 14.9. The second-order valence-corrected chi connectivity index (χ2v) is 9.43. The number of pyridine rings is 1. The highest BCUT2D eigenvalue weighted by molar-refractivity contribution is 5.72. The number of hydrogen-bond donors (Lipinski definition) is 0. The lowest BCUT2D eigenvalue weighted by Crippen LogP contribution is -2.30. The molecule has 1 heterocycles. The van der Waals surface area contributed by atoms with Crippen LogP contribution in [0, 0.1) is 6.92 Å². The van der Waals surface area contributed by atoms with Gasteiger partial charge in [0.25, 0.3) is 0 Å². The molecule has 2 aromatic carbocycles. The summed E-state index contributed by atoms with van der Waals surface area (Å²) in [5, 5.41) is 0. The third kappa shape index (κ3) is 3.00.